The summed E-state index contributed by atoms with van der Waals surface area (Å²) in [5, 5.41) is 3.69. The molecule has 1 aromatic carbocycles. The fraction of sp³-hybridized carbons (Fsp3) is 0.625. The van der Waals surface area contributed by atoms with E-state index in [1.165, 1.54) is 38.0 Å². The van der Waals surface area contributed by atoms with Crippen LogP contribution in [0.1, 0.15) is 31.4 Å². The molecule has 3 atom stereocenters. The molecule has 1 aliphatic carbocycles. The lowest BCUT2D eigenvalue weighted by molar-refractivity contribution is 0.254. The van der Waals surface area contributed by atoms with E-state index in [0.717, 1.165) is 18.4 Å². The van der Waals surface area contributed by atoms with Crippen LogP contribution in [0.4, 0.5) is 0 Å². The Bertz CT molecular complexity index is 376. The van der Waals surface area contributed by atoms with Crippen molar-refractivity contribution in [2.75, 3.05) is 26.2 Å². The predicted octanol–water partition coefficient (Wildman–Crippen LogP) is 2.68. The standard InChI is InChI=1S/C16H24N2/c1-13-10-15(13)11-18-9-5-8-17-16(12-18)14-6-3-2-4-7-14/h2-4,6-7,13,15-17H,5,8-12H2,1H3. The molecule has 0 bridgehead atoms. The third kappa shape index (κ3) is 2.93. The smallest absolute Gasteiger partial charge is 0.0449 e. The molecule has 0 aromatic heterocycles. The Morgan fingerprint density at radius 1 is 1.28 bits per heavy atom. The van der Waals surface area contributed by atoms with Crippen LogP contribution in [0.2, 0.25) is 0 Å². The molecule has 18 heavy (non-hydrogen) atoms. The second kappa shape index (κ2) is 5.41. The lowest BCUT2D eigenvalue weighted by Gasteiger charge is -2.24. The average molecular weight is 244 g/mol. The van der Waals surface area contributed by atoms with Crippen molar-refractivity contribution in [2.45, 2.75) is 25.8 Å². The van der Waals surface area contributed by atoms with E-state index in [-0.39, 0.29) is 0 Å². The summed E-state index contributed by atoms with van der Waals surface area (Å²) in [6, 6.07) is 11.4. The fourth-order valence-corrected chi connectivity index (χ4v) is 3.05. The summed E-state index contributed by atoms with van der Waals surface area (Å²) in [6.45, 7) is 7.28. The highest BCUT2D eigenvalue weighted by Crippen LogP contribution is 2.38. The van der Waals surface area contributed by atoms with Crippen LogP contribution in [0.5, 0.6) is 0 Å². The van der Waals surface area contributed by atoms with Gasteiger partial charge in [-0.3, -0.25) is 0 Å². The predicted molar refractivity (Wildman–Crippen MR) is 75.5 cm³/mol. The van der Waals surface area contributed by atoms with Gasteiger partial charge in [-0.1, -0.05) is 37.3 Å². The molecule has 3 rings (SSSR count). The molecule has 3 unspecified atom stereocenters. The Kier molecular flexibility index (Phi) is 3.67. The van der Waals surface area contributed by atoms with Gasteiger partial charge in [0.05, 0.1) is 0 Å². The third-order valence-corrected chi connectivity index (χ3v) is 4.45. The maximum absolute atomic E-state index is 3.69. The quantitative estimate of drug-likeness (QED) is 0.879. The number of hydrogen-bond donors (Lipinski definition) is 1. The zero-order valence-electron chi connectivity index (χ0n) is 11.3. The van der Waals surface area contributed by atoms with Gasteiger partial charge in [-0.15, -0.1) is 0 Å². The molecular formula is C16H24N2. The summed E-state index contributed by atoms with van der Waals surface area (Å²) >= 11 is 0. The SMILES string of the molecule is CC1CC1CN1CCCNC(c2ccccc2)C1. The van der Waals surface area contributed by atoms with Gasteiger partial charge in [-0.05, 0) is 43.3 Å². The summed E-state index contributed by atoms with van der Waals surface area (Å²) < 4.78 is 0. The molecule has 1 N–H and O–H groups in total. The Hall–Kier alpha value is -0.860. The summed E-state index contributed by atoms with van der Waals surface area (Å²) in [6.07, 6.45) is 2.73. The van der Waals surface area contributed by atoms with Crippen LogP contribution in [-0.2, 0) is 0 Å². The van der Waals surface area contributed by atoms with E-state index < -0.39 is 0 Å². The number of nitrogens with one attached hydrogen (secondary N) is 1. The topological polar surface area (TPSA) is 15.3 Å². The van der Waals surface area contributed by atoms with Crippen LogP contribution in [-0.4, -0.2) is 31.1 Å². The summed E-state index contributed by atoms with van der Waals surface area (Å²) in [5.74, 6) is 1.94. The van der Waals surface area contributed by atoms with Gasteiger partial charge in [0.25, 0.3) is 0 Å². The molecule has 0 spiro atoms. The summed E-state index contributed by atoms with van der Waals surface area (Å²) in [5.41, 5.74) is 1.44. The zero-order valence-corrected chi connectivity index (χ0v) is 11.3. The Morgan fingerprint density at radius 2 is 2.06 bits per heavy atom. The van der Waals surface area contributed by atoms with Crippen molar-refractivity contribution in [3.05, 3.63) is 35.9 Å². The highest BCUT2D eigenvalue weighted by Gasteiger charge is 2.34. The van der Waals surface area contributed by atoms with Crippen LogP contribution in [0.15, 0.2) is 30.3 Å². The van der Waals surface area contributed by atoms with E-state index >= 15 is 0 Å². The average Bonchev–Trinajstić information content (AvgIpc) is 3.14. The maximum atomic E-state index is 3.69. The molecule has 1 aromatic rings. The summed E-state index contributed by atoms with van der Waals surface area (Å²) in [7, 11) is 0. The first-order chi connectivity index (χ1) is 8.83. The second-order valence-electron chi connectivity index (χ2n) is 6.00. The van der Waals surface area contributed by atoms with Gasteiger partial charge in [-0.2, -0.15) is 0 Å². The molecule has 1 saturated carbocycles. The molecule has 2 nitrogen and oxygen atoms in total. The maximum Gasteiger partial charge on any atom is 0.0449 e. The first-order valence-electron chi connectivity index (χ1n) is 7.33. The minimum atomic E-state index is 0.516. The van der Waals surface area contributed by atoms with Gasteiger partial charge in [0.15, 0.2) is 0 Å². The fourth-order valence-electron chi connectivity index (χ4n) is 3.05. The molecule has 2 aliphatic rings. The van der Waals surface area contributed by atoms with Crippen LogP contribution in [0.25, 0.3) is 0 Å². The highest BCUT2D eigenvalue weighted by molar-refractivity contribution is 5.19. The first kappa shape index (κ1) is 12.2. The van der Waals surface area contributed by atoms with Gasteiger partial charge in [0, 0.05) is 19.1 Å². The lowest BCUT2D eigenvalue weighted by Crippen LogP contribution is -2.33. The van der Waals surface area contributed by atoms with Crippen molar-refractivity contribution in [3.63, 3.8) is 0 Å². The highest BCUT2D eigenvalue weighted by atomic mass is 15.2. The minimum Gasteiger partial charge on any atom is -0.309 e. The molecule has 0 amide bonds. The van der Waals surface area contributed by atoms with Gasteiger partial charge in [0.1, 0.15) is 0 Å². The molecule has 2 fully saturated rings. The molecule has 98 valence electrons. The van der Waals surface area contributed by atoms with Crippen molar-refractivity contribution in [1.82, 2.24) is 10.2 Å². The van der Waals surface area contributed by atoms with E-state index in [4.69, 9.17) is 0 Å². The number of hydrogen-bond acceptors (Lipinski definition) is 2. The Morgan fingerprint density at radius 3 is 2.78 bits per heavy atom. The minimum absolute atomic E-state index is 0.516. The van der Waals surface area contributed by atoms with Crippen molar-refractivity contribution in [3.8, 4) is 0 Å². The van der Waals surface area contributed by atoms with Gasteiger partial charge >= 0.3 is 0 Å². The van der Waals surface area contributed by atoms with Gasteiger partial charge in [0.2, 0.25) is 0 Å². The number of rotatable bonds is 3. The van der Waals surface area contributed by atoms with E-state index in [2.05, 4.69) is 47.5 Å². The number of benzene rings is 1. The number of nitrogens with zero attached hydrogens (tertiary/aromatic N) is 1. The van der Waals surface area contributed by atoms with E-state index in [9.17, 15) is 0 Å². The molecule has 1 heterocycles. The Balaban J connectivity index is 1.63. The van der Waals surface area contributed by atoms with Crippen LogP contribution >= 0.6 is 0 Å². The van der Waals surface area contributed by atoms with E-state index in [1.807, 2.05) is 0 Å². The van der Waals surface area contributed by atoms with Crippen LogP contribution in [0.3, 0.4) is 0 Å². The van der Waals surface area contributed by atoms with Gasteiger partial charge < -0.3 is 10.2 Å². The molecule has 1 aliphatic heterocycles. The lowest BCUT2D eigenvalue weighted by atomic mass is 10.1. The van der Waals surface area contributed by atoms with Crippen LogP contribution in [0, 0.1) is 11.8 Å². The zero-order chi connectivity index (χ0) is 12.4. The van der Waals surface area contributed by atoms with Gasteiger partial charge in [-0.25, -0.2) is 0 Å². The normalized spacial score (nSPS) is 33.1. The largest absolute Gasteiger partial charge is 0.309 e. The van der Waals surface area contributed by atoms with Crippen molar-refractivity contribution >= 4 is 0 Å². The van der Waals surface area contributed by atoms with Crippen LogP contribution < -0.4 is 5.32 Å². The molecule has 2 heteroatoms. The molecule has 0 radical (unpaired) electrons. The van der Waals surface area contributed by atoms with E-state index in [1.54, 1.807) is 0 Å². The van der Waals surface area contributed by atoms with Crippen molar-refractivity contribution < 1.29 is 0 Å². The second-order valence-corrected chi connectivity index (χ2v) is 6.00. The Labute approximate surface area is 110 Å². The third-order valence-electron chi connectivity index (χ3n) is 4.45. The summed E-state index contributed by atoms with van der Waals surface area (Å²) in [4.78, 5) is 2.67. The monoisotopic (exact) mass is 244 g/mol. The van der Waals surface area contributed by atoms with Crippen molar-refractivity contribution in [2.24, 2.45) is 11.8 Å². The molecule has 1 saturated heterocycles. The first-order valence-corrected chi connectivity index (χ1v) is 7.33. The van der Waals surface area contributed by atoms with E-state index in [0.29, 0.717) is 6.04 Å². The van der Waals surface area contributed by atoms with Crippen molar-refractivity contribution in [1.29, 1.82) is 0 Å². The molecular weight excluding hydrogens is 220 g/mol.